The van der Waals surface area contributed by atoms with Gasteiger partial charge in [0.15, 0.2) is 11.5 Å². The van der Waals surface area contributed by atoms with Crippen molar-refractivity contribution in [2.45, 2.75) is 4.90 Å². The van der Waals surface area contributed by atoms with Gasteiger partial charge in [-0.1, -0.05) is 0 Å². The summed E-state index contributed by atoms with van der Waals surface area (Å²) in [5.41, 5.74) is 6.55. The lowest BCUT2D eigenvalue weighted by Gasteiger charge is -2.11. The summed E-state index contributed by atoms with van der Waals surface area (Å²) in [4.78, 5) is 0.0805. The second-order valence-corrected chi connectivity index (χ2v) is 5.93. The van der Waals surface area contributed by atoms with E-state index in [0.29, 0.717) is 22.9 Å². The number of sulfonamides is 1. The molecule has 0 unspecified atom stereocenters. The van der Waals surface area contributed by atoms with E-state index in [1.165, 1.54) is 32.4 Å². The first-order chi connectivity index (χ1) is 9.96. The Morgan fingerprint density at radius 3 is 2.14 bits per heavy atom. The fraction of sp³-hybridized carbons (Fsp3) is 0.143. The molecule has 2 aromatic rings. The van der Waals surface area contributed by atoms with E-state index in [0.717, 1.165) is 0 Å². The summed E-state index contributed by atoms with van der Waals surface area (Å²) in [5.74, 6) is 0.807. The minimum absolute atomic E-state index is 0.0805. The Morgan fingerprint density at radius 2 is 1.57 bits per heavy atom. The van der Waals surface area contributed by atoms with E-state index >= 15 is 0 Å². The minimum atomic E-state index is -3.71. The highest BCUT2D eigenvalue weighted by atomic mass is 32.2. The molecule has 0 saturated heterocycles. The maximum Gasteiger partial charge on any atom is 0.262 e. The van der Waals surface area contributed by atoms with Gasteiger partial charge in [0.2, 0.25) is 0 Å². The normalized spacial score (nSPS) is 11.0. The van der Waals surface area contributed by atoms with Gasteiger partial charge in [-0.2, -0.15) is 0 Å². The topological polar surface area (TPSA) is 90.7 Å². The Morgan fingerprint density at radius 1 is 0.952 bits per heavy atom. The lowest BCUT2D eigenvalue weighted by Crippen LogP contribution is -2.13. The third kappa shape index (κ3) is 3.38. The second-order valence-electron chi connectivity index (χ2n) is 4.24. The van der Waals surface area contributed by atoms with Gasteiger partial charge in [-0.25, -0.2) is 8.42 Å². The van der Waals surface area contributed by atoms with Crippen molar-refractivity contribution < 1.29 is 17.9 Å². The number of nitrogens with two attached hydrogens (primary N) is 1. The molecule has 112 valence electrons. The number of nitrogens with one attached hydrogen (secondary N) is 1. The van der Waals surface area contributed by atoms with Crippen LogP contribution in [0.2, 0.25) is 0 Å². The molecule has 0 fully saturated rings. The lowest BCUT2D eigenvalue weighted by molar-refractivity contribution is 0.354. The number of nitrogen functional groups attached to an aromatic ring is 1. The molecule has 21 heavy (non-hydrogen) atoms. The molecule has 0 heterocycles. The number of hydrogen-bond acceptors (Lipinski definition) is 5. The van der Waals surface area contributed by atoms with Gasteiger partial charge in [-0.15, -0.1) is 0 Å². The van der Waals surface area contributed by atoms with Crippen LogP contribution in [0.4, 0.5) is 11.4 Å². The van der Waals surface area contributed by atoms with Crippen molar-refractivity contribution in [1.29, 1.82) is 0 Å². The van der Waals surface area contributed by atoms with E-state index in [1.54, 1.807) is 24.3 Å². The van der Waals surface area contributed by atoms with Crippen LogP contribution >= 0.6 is 0 Å². The van der Waals surface area contributed by atoms with Crippen LogP contribution < -0.4 is 19.9 Å². The number of benzene rings is 2. The number of methoxy groups -OCH3 is 2. The molecule has 3 N–H and O–H groups in total. The van der Waals surface area contributed by atoms with Gasteiger partial charge in [0.25, 0.3) is 10.0 Å². The lowest BCUT2D eigenvalue weighted by atomic mass is 10.3. The smallest absolute Gasteiger partial charge is 0.262 e. The van der Waals surface area contributed by atoms with E-state index in [4.69, 9.17) is 15.2 Å². The first-order valence-corrected chi connectivity index (χ1v) is 7.55. The molecule has 0 bridgehead atoms. The van der Waals surface area contributed by atoms with Gasteiger partial charge >= 0.3 is 0 Å². The summed E-state index contributed by atoms with van der Waals surface area (Å²) in [6, 6.07) is 10.8. The molecule has 0 aromatic heterocycles. The molecule has 6 nitrogen and oxygen atoms in total. The molecule has 2 rings (SSSR count). The Balaban J connectivity index is 2.33. The molecule has 0 aliphatic carbocycles. The number of rotatable bonds is 5. The Labute approximate surface area is 123 Å². The average molecular weight is 308 g/mol. The van der Waals surface area contributed by atoms with Crippen LogP contribution in [0.5, 0.6) is 11.5 Å². The molecular formula is C14H16N2O4S. The highest BCUT2D eigenvalue weighted by molar-refractivity contribution is 7.92. The van der Waals surface area contributed by atoms with Crippen LogP contribution in [0, 0.1) is 0 Å². The van der Waals surface area contributed by atoms with E-state index in [2.05, 4.69) is 4.72 Å². The molecule has 0 saturated carbocycles. The summed E-state index contributed by atoms with van der Waals surface area (Å²) in [6.45, 7) is 0. The van der Waals surface area contributed by atoms with Gasteiger partial charge in [-0.3, -0.25) is 4.72 Å². The first kappa shape index (κ1) is 15.0. The highest BCUT2D eigenvalue weighted by Gasteiger charge is 2.17. The van der Waals surface area contributed by atoms with Crippen molar-refractivity contribution in [1.82, 2.24) is 0 Å². The van der Waals surface area contributed by atoms with Crippen molar-refractivity contribution in [3.05, 3.63) is 42.5 Å². The van der Waals surface area contributed by atoms with Crippen molar-refractivity contribution >= 4 is 21.4 Å². The van der Waals surface area contributed by atoms with Crippen LogP contribution in [0.15, 0.2) is 47.4 Å². The van der Waals surface area contributed by atoms with E-state index in [1.807, 2.05) is 0 Å². The third-order valence-corrected chi connectivity index (χ3v) is 4.21. The van der Waals surface area contributed by atoms with Crippen LogP contribution in [-0.4, -0.2) is 22.6 Å². The summed E-state index contributed by atoms with van der Waals surface area (Å²) >= 11 is 0. The number of ether oxygens (including phenoxy) is 2. The van der Waals surface area contributed by atoms with Crippen LogP contribution in [-0.2, 0) is 10.0 Å². The molecule has 0 aliphatic heterocycles. The maximum atomic E-state index is 12.3. The van der Waals surface area contributed by atoms with Gasteiger partial charge in [-0.05, 0) is 36.4 Å². The maximum absolute atomic E-state index is 12.3. The molecule has 0 amide bonds. The Bertz CT molecular complexity index is 727. The number of anilines is 2. The molecule has 7 heteroatoms. The zero-order valence-corrected chi connectivity index (χ0v) is 12.5. The SMILES string of the molecule is COc1ccc(S(=O)(=O)Nc2ccc(N)cc2)cc1OC. The standard InChI is InChI=1S/C14H16N2O4S/c1-19-13-8-7-12(9-14(13)20-2)21(17,18)16-11-5-3-10(15)4-6-11/h3-9,16H,15H2,1-2H3. The molecule has 0 spiro atoms. The van der Waals surface area contributed by atoms with E-state index < -0.39 is 10.0 Å². The Kier molecular flexibility index (Phi) is 4.23. The highest BCUT2D eigenvalue weighted by Crippen LogP contribution is 2.30. The molecule has 0 aliphatic rings. The van der Waals surface area contributed by atoms with Gasteiger partial charge in [0, 0.05) is 17.4 Å². The Hall–Kier alpha value is -2.41. The molecule has 0 radical (unpaired) electrons. The monoisotopic (exact) mass is 308 g/mol. The predicted octanol–water partition coefficient (Wildman–Crippen LogP) is 2.09. The fourth-order valence-electron chi connectivity index (χ4n) is 1.75. The summed E-state index contributed by atoms with van der Waals surface area (Å²) in [7, 11) is -0.779. The number of hydrogen-bond donors (Lipinski definition) is 2. The van der Waals surface area contributed by atoms with Gasteiger partial charge in [0.05, 0.1) is 19.1 Å². The summed E-state index contributed by atoms with van der Waals surface area (Å²) in [5, 5.41) is 0. The van der Waals surface area contributed by atoms with Crippen LogP contribution in [0.25, 0.3) is 0 Å². The molecular weight excluding hydrogens is 292 g/mol. The predicted molar refractivity (Wildman–Crippen MR) is 81.2 cm³/mol. The van der Waals surface area contributed by atoms with Crippen molar-refractivity contribution in [3.8, 4) is 11.5 Å². The van der Waals surface area contributed by atoms with E-state index in [-0.39, 0.29) is 4.90 Å². The fourth-order valence-corrected chi connectivity index (χ4v) is 2.82. The largest absolute Gasteiger partial charge is 0.493 e. The summed E-state index contributed by atoms with van der Waals surface area (Å²) in [6.07, 6.45) is 0. The minimum Gasteiger partial charge on any atom is -0.493 e. The van der Waals surface area contributed by atoms with Crippen molar-refractivity contribution in [2.24, 2.45) is 0 Å². The van der Waals surface area contributed by atoms with Gasteiger partial charge < -0.3 is 15.2 Å². The summed E-state index contributed by atoms with van der Waals surface area (Å²) < 4.78 is 37.3. The quantitative estimate of drug-likeness (QED) is 0.825. The van der Waals surface area contributed by atoms with Gasteiger partial charge in [0.1, 0.15) is 0 Å². The zero-order valence-electron chi connectivity index (χ0n) is 11.7. The third-order valence-electron chi connectivity index (χ3n) is 2.83. The van der Waals surface area contributed by atoms with Crippen molar-refractivity contribution in [2.75, 3.05) is 24.7 Å². The molecule has 0 atom stereocenters. The average Bonchev–Trinajstić information content (AvgIpc) is 2.48. The first-order valence-electron chi connectivity index (χ1n) is 6.06. The van der Waals surface area contributed by atoms with Crippen LogP contribution in [0.3, 0.4) is 0 Å². The zero-order chi connectivity index (χ0) is 15.5. The van der Waals surface area contributed by atoms with E-state index in [9.17, 15) is 8.42 Å². The molecule has 2 aromatic carbocycles. The second kappa shape index (κ2) is 5.92. The van der Waals surface area contributed by atoms with Crippen LogP contribution in [0.1, 0.15) is 0 Å². The van der Waals surface area contributed by atoms with Crippen molar-refractivity contribution in [3.63, 3.8) is 0 Å².